The van der Waals surface area contributed by atoms with Gasteiger partial charge in [0.05, 0.1) is 16.3 Å². The average Bonchev–Trinajstić information content (AvgIpc) is 3.61. The molecule has 3 aromatic rings. The number of nitrogens with one attached hydrogen (secondary N) is 3. The van der Waals surface area contributed by atoms with E-state index in [9.17, 15) is 22.4 Å². The van der Waals surface area contributed by atoms with E-state index in [4.69, 9.17) is 0 Å². The van der Waals surface area contributed by atoms with Gasteiger partial charge in [-0.2, -0.15) is 0 Å². The van der Waals surface area contributed by atoms with Crippen molar-refractivity contribution < 1.29 is 22.4 Å². The summed E-state index contributed by atoms with van der Waals surface area (Å²) in [6.07, 6.45) is 1.80. The van der Waals surface area contributed by atoms with Gasteiger partial charge in [0.25, 0.3) is 15.9 Å². The van der Waals surface area contributed by atoms with Gasteiger partial charge in [-0.3, -0.25) is 14.3 Å². The summed E-state index contributed by atoms with van der Waals surface area (Å²) in [5.74, 6) is -0.939. The molecule has 1 saturated carbocycles. The van der Waals surface area contributed by atoms with Crippen molar-refractivity contribution in [3.63, 3.8) is 0 Å². The molecule has 0 heterocycles. The number of hydrogen-bond acceptors (Lipinski definition) is 4. The summed E-state index contributed by atoms with van der Waals surface area (Å²) in [6.45, 7) is 0. The van der Waals surface area contributed by atoms with Gasteiger partial charge in [0.1, 0.15) is 5.82 Å². The van der Waals surface area contributed by atoms with Crippen LogP contribution in [0, 0.1) is 11.7 Å². The first-order chi connectivity index (χ1) is 15.3. The predicted octanol–water partition coefficient (Wildman–Crippen LogP) is 4.23. The molecule has 4 rings (SSSR count). The molecule has 1 aliphatic carbocycles. The van der Waals surface area contributed by atoms with Gasteiger partial charge >= 0.3 is 0 Å². The van der Waals surface area contributed by atoms with Crippen LogP contribution in [0.2, 0.25) is 0 Å². The number of para-hydroxylation sites is 2. The van der Waals surface area contributed by atoms with Crippen molar-refractivity contribution in [2.75, 3.05) is 15.4 Å². The third kappa shape index (κ3) is 5.12. The predicted molar refractivity (Wildman–Crippen MR) is 119 cm³/mol. The van der Waals surface area contributed by atoms with Crippen molar-refractivity contribution in [3.8, 4) is 0 Å². The minimum absolute atomic E-state index is 0.0235. The Hall–Kier alpha value is -3.72. The highest BCUT2D eigenvalue weighted by Crippen LogP contribution is 2.30. The molecule has 2 amide bonds. The van der Waals surface area contributed by atoms with Crippen LogP contribution >= 0.6 is 0 Å². The Morgan fingerprint density at radius 2 is 1.44 bits per heavy atom. The Balaban J connectivity index is 1.47. The molecule has 1 aliphatic rings. The van der Waals surface area contributed by atoms with Crippen molar-refractivity contribution in [1.29, 1.82) is 0 Å². The summed E-state index contributed by atoms with van der Waals surface area (Å²) in [4.78, 5) is 24.4. The van der Waals surface area contributed by atoms with Gasteiger partial charge in [0, 0.05) is 17.2 Å². The third-order valence-corrected chi connectivity index (χ3v) is 6.29. The van der Waals surface area contributed by atoms with Crippen LogP contribution in [0.25, 0.3) is 0 Å². The fourth-order valence-electron chi connectivity index (χ4n) is 2.99. The Morgan fingerprint density at radius 3 is 2.06 bits per heavy atom. The maximum atomic E-state index is 13.1. The number of sulfonamides is 1. The Morgan fingerprint density at radius 1 is 0.812 bits per heavy atom. The molecular weight excluding hydrogens is 433 g/mol. The lowest BCUT2D eigenvalue weighted by atomic mass is 10.1. The molecule has 0 spiro atoms. The zero-order valence-electron chi connectivity index (χ0n) is 16.8. The van der Waals surface area contributed by atoms with E-state index in [0.717, 1.165) is 37.1 Å². The maximum Gasteiger partial charge on any atom is 0.261 e. The lowest BCUT2D eigenvalue weighted by Gasteiger charge is -2.14. The Bertz CT molecular complexity index is 1260. The zero-order chi connectivity index (χ0) is 22.7. The molecule has 0 unspecified atom stereocenters. The summed E-state index contributed by atoms with van der Waals surface area (Å²) >= 11 is 0. The molecule has 0 bridgehead atoms. The number of rotatable bonds is 7. The molecule has 3 aromatic carbocycles. The molecule has 1 fully saturated rings. The van der Waals surface area contributed by atoms with Crippen LogP contribution in [0.15, 0.2) is 77.7 Å². The second-order valence-corrected chi connectivity index (χ2v) is 9.08. The minimum Gasteiger partial charge on any atom is -0.326 e. The number of anilines is 3. The lowest BCUT2D eigenvalue weighted by Crippen LogP contribution is -2.17. The zero-order valence-corrected chi connectivity index (χ0v) is 17.7. The number of amides is 2. The molecule has 0 saturated heterocycles. The molecule has 0 aromatic heterocycles. The second-order valence-electron chi connectivity index (χ2n) is 7.40. The van der Waals surface area contributed by atoms with Crippen LogP contribution in [0.1, 0.15) is 23.2 Å². The monoisotopic (exact) mass is 453 g/mol. The summed E-state index contributed by atoms with van der Waals surface area (Å²) in [5.41, 5.74) is 1.37. The SMILES string of the molecule is O=C(Nc1ccccc1NS(=O)(=O)c1ccc(F)cc1)c1ccc(NC(=O)C2CC2)cc1. The number of carbonyl (C=O) groups is 2. The van der Waals surface area contributed by atoms with Crippen LogP contribution in [-0.4, -0.2) is 20.2 Å². The first kappa shape index (κ1) is 21.5. The van der Waals surface area contributed by atoms with Crippen LogP contribution in [-0.2, 0) is 14.8 Å². The van der Waals surface area contributed by atoms with Crippen molar-refractivity contribution in [2.45, 2.75) is 17.7 Å². The molecule has 3 N–H and O–H groups in total. The fraction of sp³-hybridized carbons (Fsp3) is 0.130. The molecule has 7 nitrogen and oxygen atoms in total. The van der Waals surface area contributed by atoms with Crippen LogP contribution in [0.4, 0.5) is 21.5 Å². The summed E-state index contributed by atoms with van der Waals surface area (Å²) in [7, 11) is -3.98. The smallest absolute Gasteiger partial charge is 0.261 e. The van der Waals surface area contributed by atoms with E-state index in [1.165, 1.54) is 6.07 Å². The number of carbonyl (C=O) groups excluding carboxylic acids is 2. The Kier molecular flexibility index (Phi) is 5.91. The van der Waals surface area contributed by atoms with Gasteiger partial charge in [0.2, 0.25) is 5.91 Å². The number of benzene rings is 3. The summed E-state index contributed by atoms with van der Waals surface area (Å²) < 4.78 is 40.8. The van der Waals surface area contributed by atoms with E-state index in [1.807, 2.05) is 0 Å². The molecule has 0 atom stereocenters. The molecule has 164 valence electrons. The summed E-state index contributed by atoms with van der Waals surface area (Å²) in [5, 5.41) is 5.49. The van der Waals surface area contributed by atoms with Crippen molar-refractivity contribution >= 4 is 38.9 Å². The normalized spacial score (nSPS) is 13.3. The fourth-order valence-corrected chi connectivity index (χ4v) is 4.07. The third-order valence-electron chi connectivity index (χ3n) is 4.91. The van der Waals surface area contributed by atoms with Gasteiger partial charge in [-0.15, -0.1) is 0 Å². The van der Waals surface area contributed by atoms with Crippen molar-refractivity contribution in [3.05, 3.63) is 84.2 Å². The van der Waals surface area contributed by atoms with E-state index in [1.54, 1.807) is 42.5 Å². The molecule has 0 radical (unpaired) electrons. The van der Waals surface area contributed by atoms with Gasteiger partial charge < -0.3 is 10.6 Å². The lowest BCUT2D eigenvalue weighted by molar-refractivity contribution is -0.117. The van der Waals surface area contributed by atoms with Crippen molar-refractivity contribution in [1.82, 2.24) is 0 Å². The van der Waals surface area contributed by atoms with Crippen LogP contribution < -0.4 is 15.4 Å². The van der Waals surface area contributed by atoms with E-state index >= 15 is 0 Å². The standard InChI is InChI=1S/C23H20FN3O4S/c24-17-9-13-19(14-10-17)32(30,31)27-21-4-2-1-3-20(21)26-23(29)16-7-11-18(12-8-16)25-22(28)15-5-6-15/h1-4,7-15,27H,5-6H2,(H,25,28)(H,26,29). The largest absolute Gasteiger partial charge is 0.326 e. The number of halogens is 1. The number of hydrogen-bond donors (Lipinski definition) is 3. The van der Waals surface area contributed by atoms with Gasteiger partial charge in [-0.05, 0) is 73.5 Å². The topological polar surface area (TPSA) is 104 Å². The minimum atomic E-state index is -3.98. The van der Waals surface area contributed by atoms with E-state index in [-0.39, 0.29) is 28.1 Å². The highest BCUT2D eigenvalue weighted by molar-refractivity contribution is 7.92. The second kappa shape index (κ2) is 8.80. The quantitative estimate of drug-likeness (QED) is 0.498. The van der Waals surface area contributed by atoms with E-state index in [2.05, 4.69) is 15.4 Å². The first-order valence-electron chi connectivity index (χ1n) is 9.91. The maximum absolute atomic E-state index is 13.1. The van der Waals surface area contributed by atoms with Gasteiger partial charge in [-0.1, -0.05) is 12.1 Å². The summed E-state index contributed by atoms with van der Waals surface area (Å²) in [6, 6.07) is 17.2. The van der Waals surface area contributed by atoms with E-state index < -0.39 is 21.7 Å². The molecular formula is C23H20FN3O4S. The van der Waals surface area contributed by atoms with Crippen LogP contribution in [0.3, 0.4) is 0 Å². The van der Waals surface area contributed by atoms with Crippen LogP contribution in [0.5, 0.6) is 0 Å². The highest BCUT2D eigenvalue weighted by Gasteiger charge is 2.29. The van der Waals surface area contributed by atoms with Gasteiger partial charge in [-0.25, -0.2) is 12.8 Å². The average molecular weight is 453 g/mol. The van der Waals surface area contributed by atoms with Gasteiger partial charge in [0.15, 0.2) is 0 Å². The molecule has 32 heavy (non-hydrogen) atoms. The molecule has 9 heteroatoms. The first-order valence-corrected chi connectivity index (χ1v) is 11.4. The highest BCUT2D eigenvalue weighted by atomic mass is 32.2. The Labute approximate surface area is 184 Å². The molecule has 0 aliphatic heterocycles. The van der Waals surface area contributed by atoms with Crippen molar-refractivity contribution in [2.24, 2.45) is 5.92 Å². The van der Waals surface area contributed by atoms with E-state index in [0.29, 0.717) is 11.3 Å².